The van der Waals surface area contributed by atoms with Crippen molar-refractivity contribution in [1.29, 1.82) is 10.5 Å². The summed E-state index contributed by atoms with van der Waals surface area (Å²) < 4.78 is 5.45. The zero-order chi connectivity index (χ0) is 57.4. The van der Waals surface area contributed by atoms with Gasteiger partial charge in [-0.2, -0.15) is 10.5 Å². The Balaban J connectivity index is 0.957. The molecule has 0 radical (unpaired) electrons. The monoisotopic (exact) mass is 1120 g/mol. The SMILES string of the molecule is C/C1=C\C=C/C=CC2(C)c3ccccc3C1(C)c1c2c(C#N)cc2c1c1cc3c(c4c5cc6c(cc5n2c14)c1c2c(cc4c5c7c(c(C#N)cc5n6c41)C1(C)c4ccccc4C7(C)c4ccccc41)C1CC4CC(C1)CC2C4)C1CC2CC(CC3C2)C1. The lowest BCUT2D eigenvalue weighted by atomic mass is 9.47. The van der Waals surface area contributed by atoms with Gasteiger partial charge in [-0.25, -0.2) is 0 Å². The lowest BCUT2D eigenvalue weighted by Gasteiger charge is -2.54. The minimum Gasteiger partial charge on any atom is -0.308 e. The number of rotatable bonds is 0. The molecule has 4 nitrogen and oxygen atoms in total. The topological polar surface area (TPSA) is 56.4 Å². The molecule has 0 amide bonds. The normalized spacial score (nSPS) is 32.4. The highest BCUT2D eigenvalue weighted by Crippen LogP contribution is 2.68. The van der Waals surface area contributed by atoms with Crippen molar-refractivity contribution in [2.45, 2.75) is 144 Å². The highest BCUT2D eigenvalue weighted by Gasteiger charge is 2.58. The first kappa shape index (κ1) is 47.7. The summed E-state index contributed by atoms with van der Waals surface area (Å²) in [5.41, 5.74) is 28.1. The van der Waals surface area contributed by atoms with Crippen LogP contribution in [0, 0.1) is 46.3 Å². The predicted octanol–water partition coefficient (Wildman–Crippen LogP) is 19.8. The van der Waals surface area contributed by atoms with E-state index in [-0.39, 0.29) is 0 Å². The second kappa shape index (κ2) is 15.1. The van der Waals surface area contributed by atoms with Crippen LogP contribution in [0.25, 0.3) is 76.2 Å². The fourth-order valence-corrected chi connectivity index (χ4v) is 24.0. The number of hydrogen-bond acceptors (Lipinski definition) is 2. The molecular weight excluding hydrogens is 1050 g/mol. The predicted molar refractivity (Wildman–Crippen MR) is 352 cm³/mol. The molecule has 12 bridgehead atoms. The molecule has 0 aliphatic heterocycles. The van der Waals surface area contributed by atoms with Gasteiger partial charge in [-0.1, -0.05) is 109 Å². The van der Waals surface area contributed by atoms with Crippen molar-refractivity contribution in [2.24, 2.45) is 23.7 Å². The molecule has 0 N–H and O–H groups in total. The van der Waals surface area contributed by atoms with Crippen LogP contribution in [0.3, 0.4) is 0 Å². The minimum atomic E-state index is -0.548. The van der Waals surface area contributed by atoms with Gasteiger partial charge in [0.2, 0.25) is 0 Å². The highest BCUT2D eigenvalue weighted by molar-refractivity contribution is 6.31. The van der Waals surface area contributed by atoms with Gasteiger partial charge < -0.3 is 8.80 Å². The summed E-state index contributed by atoms with van der Waals surface area (Å²) in [5.74, 6) is 5.17. The summed E-state index contributed by atoms with van der Waals surface area (Å²) in [6.07, 6.45) is 24.4. The van der Waals surface area contributed by atoms with E-state index < -0.39 is 21.7 Å². The molecule has 418 valence electrons. The Labute approximate surface area is 506 Å². The first-order valence-electron chi connectivity index (χ1n) is 33.2. The van der Waals surface area contributed by atoms with Gasteiger partial charge in [0.15, 0.2) is 0 Å². The van der Waals surface area contributed by atoms with E-state index in [0.29, 0.717) is 23.7 Å². The molecule has 8 aromatic carbocycles. The van der Waals surface area contributed by atoms with Crippen LogP contribution in [0.5, 0.6) is 0 Å². The molecule has 12 aromatic rings. The van der Waals surface area contributed by atoms with Crippen molar-refractivity contribution < 1.29 is 0 Å². The molecular formula is C83H66N4. The Hall–Kier alpha value is -8.44. The molecule has 6 unspecified atom stereocenters. The number of allylic oxidation sites excluding steroid dienone is 6. The zero-order valence-corrected chi connectivity index (χ0v) is 50.3. The molecule has 0 saturated heterocycles. The molecule has 0 spiro atoms. The number of benzene rings is 8. The maximum absolute atomic E-state index is 11.9. The molecule has 4 saturated carbocycles. The van der Waals surface area contributed by atoms with Gasteiger partial charge in [-0.05, 0) is 260 Å². The van der Waals surface area contributed by atoms with Gasteiger partial charge in [0.25, 0.3) is 0 Å². The second-order valence-corrected chi connectivity index (χ2v) is 30.6. The minimum absolute atomic E-state index is 0.485. The van der Waals surface area contributed by atoms with Gasteiger partial charge in [0, 0.05) is 64.7 Å². The number of nitrogens with zero attached hydrogens (tertiary/aromatic N) is 4. The molecule has 13 aliphatic carbocycles. The first-order valence-corrected chi connectivity index (χ1v) is 33.2. The fraction of sp³-hybridized carbons (Fsp3) is 0.325. The Morgan fingerprint density at radius 3 is 1.29 bits per heavy atom. The average molecular weight is 1120 g/mol. The van der Waals surface area contributed by atoms with E-state index in [0.717, 1.165) is 40.4 Å². The lowest BCUT2D eigenvalue weighted by molar-refractivity contribution is 0.166. The lowest BCUT2D eigenvalue weighted by Crippen LogP contribution is -2.48. The summed E-state index contributed by atoms with van der Waals surface area (Å²) >= 11 is 0. The summed E-state index contributed by atoms with van der Waals surface area (Å²) in [6.45, 7) is 12.2. The fourth-order valence-electron chi connectivity index (χ4n) is 24.0. The maximum atomic E-state index is 11.9. The van der Waals surface area contributed by atoms with E-state index >= 15 is 0 Å². The molecule has 25 rings (SSSR count). The van der Waals surface area contributed by atoms with Crippen LogP contribution in [0.1, 0.15) is 212 Å². The number of aromatic nitrogens is 2. The van der Waals surface area contributed by atoms with Crippen molar-refractivity contribution in [3.63, 3.8) is 0 Å². The van der Waals surface area contributed by atoms with Crippen molar-refractivity contribution in [3.05, 3.63) is 234 Å². The third-order valence-electron chi connectivity index (χ3n) is 27.0. The van der Waals surface area contributed by atoms with Crippen molar-refractivity contribution in [3.8, 4) is 12.1 Å². The molecule has 13 aliphatic rings. The van der Waals surface area contributed by atoms with Gasteiger partial charge in [-0.3, -0.25) is 0 Å². The van der Waals surface area contributed by atoms with E-state index in [1.807, 2.05) is 0 Å². The van der Waals surface area contributed by atoms with Crippen LogP contribution in [-0.4, -0.2) is 8.80 Å². The highest BCUT2D eigenvalue weighted by atomic mass is 14.9. The molecule has 4 heterocycles. The van der Waals surface area contributed by atoms with Crippen molar-refractivity contribution >= 4 is 76.2 Å². The van der Waals surface area contributed by atoms with Gasteiger partial charge in [-0.15, -0.1) is 0 Å². The van der Waals surface area contributed by atoms with Crippen LogP contribution in [-0.2, 0) is 21.7 Å². The van der Waals surface area contributed by atoms with Gasteiger partial charge in [0.05, 0.1) is 56.4 Å². The number of hydrogen-bond donors (Lipinski definition) is 0. The summed E-state index contributed by atoms with van der Waals surface area (Å²) in [6, 6.07) is 49.2. The van der Waals surface area contributed by atoms with E-state index in [9.17, 15) is 10.5 Å². The van der Waals surface area contributed by atoms with Crippen molar-refractivity contribution in [2.75, 3.05) is 0 Å². The van der Waals surface area contributed by atoms with Crippen LogP contribution in [0.4, 0.5) is 0 Å². The quantitative estimate of drug-likeness (QED) is 0.152. The van der Waals surface area contributed by atoms with E-state index in [2.05, 4.69) is 195 Å². The Bertz CT molecular complexity index is 5460. The van der Waals surface area contributed by atoms with Crippen LogP contribution in [0.2, 0.25) is 0 Å². The average Bonchev–Trinajstić information content (AvgIpc) is 1.65. The third-order valence-corrected chi connectivity index (χ3v) is 27.0. The molecule has 4 aromatic heterocycles. The summed E-state index contributed by atoms with van der Waals surface area (Å²) in [5, 5.41) is 34.9. The van der Waals surface area contributed by atoms with E-state index in [1.165, 1.54) is 196 Å². The van der Waals surface area contributed by atoms with Crippen LogP contribution in [0.15, 0.2) is 145 Å². The van der Waals surface area contributed by atoms with E-state index in [1.54, 1.807) is 22.3 Å². The Morgan fingerprint density at radius 1 is 0.402 bits per heavy atom. The molecule has 4 fully saturated rings. The third kappa shape index (κ3) is 5.07. The van der Waals surface area contributed by atoms with Crippen molar-refractivity contribution in [1.82, 2.24) is 8.80 Å². The Morgan fingerprint density at radius 2 is 0.816 bits per heavy atom. The molecule has 6 atom stereocenters. The van der Waals surface area contributed by atoms with E-state index in [4.69, 9.17) is 0 Å². The number of fused-ring (bicyclic) bond motifs is 16. The molecule has 4 heteroatoms. The second-order valence-electron chi connectivity index (χ2n) is 30.6. The maximum Gasteiger partial charge on any atom is 0.0995 e. The first-order chi connectivity index (χ1) is 42.4. The van der Waals surface area contributed by atoms with Crippen LogP contribution >= 0.6 is 0 Å². The van der Waals surface area contributed by atoms with Gasteiger partial charge >= 0.3 is 0 Å². The zero-order valence-electron chi connectivity index (χ0n) is 50.3. The summed E-state index contributed by atoms with van der Waals surface area (Å²) in [7, 11) is 0. The number of nitriles is 2. The van der Waals surface area contributed by atoms with Crippen LogP contribution < -0.4 is 0 Å². The van der Waals surface area contributed by atoms with Gasteiger partial charge in [0.1, 0.15) is 0 Å². The Kier molecular flexibility index (Phi) is 8.27. The largest absolute Gasteiger partial charge is 0.308 e. The summed E-state index contributed by atoms with van der Waals surface area (Å²) in [4.78, 5) is 0. The molecule has 87 heavy (non-hydrogen) atoms. The smallest absolute Gasteiger partial charge is 0.0995 e. The standard InChI is InChI=1S/C83H66N4/c1-41-15-7-6-14-22-80(2)58-16-8-9-17-59(58)81(41,3)76-70-56-35-52-46-25-42-23-43(26-46)30-48(29-42)68(52)72-54-38-65-55(37-64(54)86(78(56)72)66(70)33-50(39-84)74(76)80)73-69-49-31-44-24-45(32-49)28-47(27-44)53(69)36-57-71-67(87(65)79(57)73)34-51(40-85)75-77(71)83(5)62-20-12-10-18-60(62)82(75,4)61-19-11-13-21-63(61)83/h6-22,33-38,42-49H,23-32H2,1-5H3/b7-6-,22-14?,41-15+.